The highest BCUT2D eigenvalue weighted by atomic mass is 16.3. The summed E-state index contributed by atoms with van der Waals surface area (Å²) in [5.41, 5.74) is 0.593. The molecule has 0 aromatic heterocycles. The lowest BCUT2D eigenvalue weighted by Crippen LogP contribution is -1.91. The van der Waals surface area contributed by atoms with Crippen LogP contribution in [0, 0.1) is 0 Å². The van der Waals surface area contributed by atoms with Crippen molar-refractivity contribution in [3.05, 3.63) is 35.9 Å². The van der Waals surface area contributed by atoms with Crippen LogP contribution in [0.25, 0.3) is 0 Å². The van der Waals surface area contributed by atoms with E-state index in [0.717, 1.165) is 0 Å². The van der Waals surface area contributed by atoms with Crippen LogP contribution in [0.2, 0.25) is 0 Å². The summed E-state index contributed by atoms with van der Waals surface area (Å²) in [7, 11) is 0. The third-order valence-corrected chi connectivity index (χ3v) is 1.27. The monoisotopic (exact) mass is 149 g/mol. The Morgan fingerprint density at radius 3 is 2.55 bits per heavy atom. The molecule has 0 amide bonds. The number of aliphatic hydroxyl groups is 1. The molecule has 0 saturated heterocycles. The molecule has 1 atom stereocenters. The van der Waals surface area contributed by atoms with E-state index in [4.69, 9.17) is 5.11 Å². The first-order valence-electron chi connectivity index (χ1n) is 3.14. The molecule has 0 aliphatic rings. The zero-order chi connectivity index (χ0) is 8.10. The van der Waals surface area contributed by atoms with Crippen molar-refractivity contribution in [2.75, 3.05) is 0 Å². The third kappa shape index (κ3) is 2.00. The maximum atomic E-state index is 9.74. The van der Waals surface area contributed by atoms with Crippen LogP contribution in [-0.2, 0) is 4.79 Å². The molecule has 3 nitrogen and oxygen atoms in total. The van der Waals surface area contributed by atoms with Crippen molar-refractivity contribution in [1.82, 2.24) is 0 Å². The van der Waals surface area contributed by atoms with Crippen LogP contribution in [0.1, 0.15) is 11.8 Å². The fourth-order valence-electron chi connectivity index (χ4n) is 0.750. The van der Waals surface area contributed by atoms with Gasteiger partial charge in [0.2, 0.25) is 6.08 Å². The number of rotatable bonds is 2. The Bertz CT molecular complexity index is 265. The second-order valence-corrected chi connectivity index (χ2v) is 2.00. The molecule has 0 aliphatic carbocycles. The highest BCUT2D eigenvalue weighted by molar-refractivity contribution is 5.34. The van der Waals surface area contributed by atoms with Crippen molar-refractivity contribution < 1.29 is 9.90 Å². The number of nitrogens with zero attached hydrogens (tertiary/aromatic N) is 1. The summed E-state index contributed by atoms with van der Waals surface area (Å²) in [6.07, 6.45) is 0.216. The molecule has 1 unspecified atom stereocenters. The number of aliphatic imine (C=N–C) groups is 1. The van der Waals surface area contributed by atoms with E-state index in [9.17, 15) is 4.79 Å². The Kier molecular flexibility index (Phi) is 2.55. The predicted molar refractivity (Wildman–Crippen MR) is 39.5 cm³/mol. The molecule has 11 heavy (non-hydrogen) atoms. The van der Waals surface area contributed by atoms with E-state index in [-0.39, 0.29) is 0 Å². The van der Waals surface area contributed by atoms with Gasteiger partial charge in [0.25, 0.3) is 0 Å². The molecule has 1 N–H and O–H groups in total. The molecular formula is C8H7NO2. The van der Waals surface area contributed by atoms with Gasteiger partial charge in [-0.3, -0.25) is 0 Å². The molecule has 0 spiro atoms. The van der Waals surface area contributed by atoms with Crippen molar-refractivity contribution in [1.29, 1.82) is 0 Å². The maximum absolute atomic E-state index is 9.74. The van der Waals surface area contributed by atoms with Gasteiger partial charge in [0.05, 0.1) is 0 Å². The number of benzene rings is 1. The van der Waals surface area contributed by atoms with Crippen LogP contribution in [0.15, 0.2) is 35.3 Å². The Hall–Kier alpha value is -1.44. The minimum absolute atomic E-state index is 0.593. The van der Waals surface area contributed by atoms with Crippen LogP contribution in [0.5, 0.6) is 0 Å². The summed E-state index contributed by atoms with van der Waals surface area (Å²) in [6.45, 7) is 0. The average Bonchev–Trinajstić information content (AvgIpc) is 2.07. The molecule has 0 fully saturated rings. The molecule has 0 saturated carbocycles. The average molecular weight is 149 g/mol. The second kappa shape index (κ2) is 3.66. The third-order valence-electron chi connectivity index (χ3n) is 1.27. The summed E-state index contributed by atoms with van der Waals surface area (Å²) in [5, 5.41) is 9.09. The van der Waals surface area contributed by atoms with E-state index < -0.39 is 6.23 Å². The molecule has 3 heteroatoms. The lowest BCUT2D eigenvalue weighted by Gasteiger charge is -2.00. The van der Waals surface area contributed by atoms with Crippen molar-refractivity contribution in [3.63, 3.8) is 0 Å². The number of carbonyl (C=O) groups excluding carboxylic acids is 1. The topological polar surface area (TPSA) is 49.7 Å². The first-order valence-corrected chi connectivity index (χ1v) is 3.14. The van der Waals surface area contributed by atoms with Crippen molar-refractivity contribution in [2.24, 2.45) is 4.99 Å². The first kappa shape index (κ1) is 7.66. The molecule has 1 aromatic rings. The number of isocyanates is 1. The van der Waals surface area contributed by atoms with E-state index in [1.165, 1.54) is 6.08 Å². The summed E-state index contributed by atoms with van der Waals surface area (Å²) >= 11 is 0. The van der Waals surface area contributed by atoms with Gasteiger partial charge in [-0.2, -0.15) is 4.99 Å². The van der Waals surface area contributed by atoms with Crippen LogP contribution in [0.4, 0.5) is 0 Å². The quantitative estimate of drug-likeness (QED) is 0.504. The van der Waals surface area contributed by atoms with E-state index >= 15 is 0 Å². The van der Waals surface area contributed by atoms with Gasteiger partial charge in [-0.1, -0.05) is 30.3 Å². The van der Waals surface area contributed by atoms with Crippen molar-refractivity contribution in [2.45, 2.75) is 6.23 Å². The maximum Gasteiger partial charge on any atom is 0.238 e. The zero-order valence-corrected chi connectivity index (χ0v) is 5.77. The molecule has 0 aliphatic heterocycles. The van der Waals surface area contributed by atoms with E-state index in [1.807, 2.05) is 6.07 Å². The van der Waals surface area contributed by atoms with Gasteiger partial charge in [-0.05, 0) is 0 Å². The van der Waals surface area contributed by atoms with Crippen molar-refractivity contribution in [3.8, 4) is 0 Å². The predicted octanol–water partition coefficient (Wildman–Crippen LogP) is 1.01. The lowest BCUT2D eigenvalue weighted by atomic mass is 10.2. The Morgan fingerprint density at radius 1 is 1.36 bits per heavy atom. The van der Waals surface area contributed by atoms with E-state index in [2.05, 4.69) is 4.99 Å². The number of aliphatic hydroxyl groups excluding tert-OH is 1. The highest BCUT2D eigenvalue weighted by Gasteiger charge is 2.01. The van der Waals surface area contributed by atoms with Gasteiger partial charge in [0, 0.05) is 5.56 Å². The van der Waals surface area contributed by atoms with Crippen LogP contribution >= 0.6 is 0 Å². The highest BCUT2D eigenvalue weighted by Crippen LogP contribution is 2.11. The van der Waals surface area contributed by atoms with Crippen LogP contribution < -0.4 is 0 Å². The molecule has 56 valence electrons. The first-order chi connectivity index (χ1) is 5.34. The number of hydrogen-bond acceptors (Lipinski definition) is 3. The van der Waals surface area contributed by atoms with Crippen LogP contribution in [-0.4, -0.2) is 11.2 Å². The SMILES string of the molecule is O=C=NC(O)c1ccccc1. The second-order valence-electron chi connectivity index (χ2n) is 2.00. The number of hydrogen-bond donors (Lipinski definition) is 1. The van der Waals surface area contributed by atoms with Gasteiger partial charge in [-0.15, -0.1) is 0 Å². The van der Waals surface area contributed by atoms with Crippen molar-refractivity contribution >= 4 is 6.08 Å². The summed E-state index contributed by atoms with van der Waals surface area (Å²) in [4.78, 5) is 12.9. The summed E-state index contributed by atoms with van der Waals surface area (Å²) < 4.78 is 0. The molecule has 0 radical (unpaired) electrons. The molecule has 0 bridgehead atoms. The van der Waals surface area contributed by atoms with E-state index in [0.29, 0.717) is 5.56 Å². The minimum Gasteiger partial charge on any atom is -0.367 e. The Morgan fingerprint density at radius 2 is 2.00 bits per heavy atom. The molecular weight excluding hydrogens is 142 g/mol. The Balaban J connectivity index is 2.84. The largest absolute Gasteiger partial charge is 0.367 e. The van der Waals surface area contributed by atoms with Gasteiger partial charge in [0.1, 0.15) is 0 Å². The molecule has 0 heterocycles. The fraction of sp³-hybridized carbons (Fsp3) is 0.125. The zero-order valence-electron chi connectivity index (χ0n) is 5.77. The van der Waals surface area contributed by atoms with Gasteiger partial charge in [0.15, 0.2) is 6.23 Å². The van der Waals surface area contributed by atoms with Crippen LogP contribution in [0.3, 0.4) is 0 Å². The standard InChI is InChI=1S/C8H7NO2/c10-6-9-8(11)7-4-2-1-3-5-7/h1-5,8,11H. The van der Waals surface area contributed by atoms with Gasteiger partial charge in [-0.25, -0.2) is 4.79 Å². The fourth-order valence-corrected chi connectivity index (χ4v) is 0.750. The molecule has 1 aromatic carbocycles. The van der Waals surface area contributed by atoms with Gasteiger partial charge < -0.3 is 5.11 Å². The normalized spacial score (nSPS) is 11.7. The summed E-state index contributed by atoms with van der Waals surface area (Å²) in [5.74, 6) is 0. The van der Waals surface area contributed by atoms with Gasteiger partial charge >= 0.3 is 0 Å². The Labute approximate surface area is 64.0 Å². The smallest absolute Gasteiger partial charge is 0.238 e. The summed E-state index contributed by atoms with van der Waals surface area (Å²) in [6, 6.07) is 8.72. The van der Waals surface area contributed by atoms with E-state index in [1.54, 1.807) is 24.3 Å². The minimum atomic E-state index is -1.08. The molecule has 1 rings (SSSR count). The lowest BCUT2D eigenvalue weighted by molar-refractivity contribution is 0.188.